The van der Waals surface area contributed by atoms with Crippen molar-refractivity contribution in [3.63, 3.8) is 0 Å². The molecule has 1 aromatic heterocycles. The van der Waals surface area contributed by atoms with E-state index in [-0.39, 0.29) is 5.84 Å². The molecule has 16 heavy (non-hydrogen) atoms. The Kier molecular flexibility index (Phi) is 4.84. The molecule has 7 heteroatoms. The normalized spacial score (nSPS) is 11.7. The van der Waals surface area contributed by atoms with E-state index in [1.165, 1.54) is 0 Å². The third-order valence-corrected chi connectivity index (χ3v) is 2.90. The molecule has 88 valence electrons. The number of carbonyl (C=O) groups is 1. The zero-order valence-corrected chi connectivity index (χ0v) is 9.88. The van der Waals surface area contributed by atoms with Crippen molar-refractivity contribution in [3.05, 3.63) is 17.7 Å². The van der Waals surface area contributed by atoms with Gasteiger partial charge in [0, 0.05) is 23.6 Å². The van der Waals surface area contributed by atoms with Gasteiger partial charge < -0.3 is 16.5 Å². The van der Waals surface area contributed by atoms with E-state index >= 15 is 0 Å². The SMILES string of the molecule is Cc1[nH]cnc1CSCC/C(N)=N/C(N)=O. The zero-order chi connectivity index (χ0) is 12.0. The maximum absolute atomic E-state index is 10.4. The van der Waals surface area contributed by atoms with Crippen LogP contribution in [0.15, 0.2) is 11.3 Å². The number of amides is 2. The molecule has 0 aliphatic carbocycles. The second-order valence-electron chi connectivity index (χ2n) is 3.22. The predicted octanol–water partition coefficient (Wildman–Crippen LogP) is 0.777. The van der Waals surface area contributed by atoms with Gasteiger partial charge in [0.1, 0.15) is 5.84 Å². The van der Waals surface area contributed by atoms with Crippen molar-refractivity contribution < 1.29 is 4.79 Å². The smallest absolute Gasteiger partial charge is 0.339 e. The minimum Gasteiger partial charge on any atom is -0.387 e. The van der Waals surface area contributed by atoms with Crippen LogP contribution < -0.4 is 11.5 Å². The molecule has 0 aliphatic rings. The van der Waals surface area contributed by atoms with Crippen LogP contribution in [0.5, 0.6) is 0 Å². The summed E-state index contributed by atoms with van der Waals surface area (Å²) in [6.07, 6.45) is 2.23. The molecule has 1 heterocycles. The number of aromatic amines is 1. The number of urea groups is 1. The van der Waals surface area contributed by atoms with Gasteiger partial charge in [0.15, 0.2) is 0 Å². The summed E-state index contributed by atoms with van der Waals surface area (Å²) in [5.74, 6) is 1.88. The molecular formula is C9H15N5OS. The van der Waals surface area contributed by atoms with E-state index in [1.807, 2.05) is 6.92 Å². The van der Waals surface area contributed by atoms with Crippen molar-refractivity contribution in [2.75, 3.05) is 5.75 Å². The lowest BCUT2D eigenvalue weighted by molar-refractivity contribution is 0.256. The van der Waals surface area contributed by atoms with Gasteiger partial charge in [0.2, 0.25) is 0 Å². The fraction of sp³-hybridized carbons (Fsp3) is 0.444. The summed E-state index contributed by atoms with van der Waals surface area (Å²) in [5.41, 5.74) is 12.5. The lowest BCUT2D eigenvalue weighted by atomic mass is 10.4. The molecule has 0 bridgehead atoms. The van der Waals surface area contributed by atoms with Crippen LogP contribution >= 0.6 is 11.8 Å². The number of nitrogens with one attached hydrogen (secondary N) is 1. The first-order valence-electron chi connectivity index (χ1n) is 4.78. The molecule has 0 radical (unpaired) electrons. The molecule has 5 N–H and O–H groups in total. The molecule has 0 unspecified atom stereocenters. The number of hydrogen-bond donors (Lipinski definition) is 3. The molecule has 0 fully saturated rings. The molecule has 0 saturated carbocycles. The van der Waals surface area contributed by atoms with Gasteiger partial charge in [-0.15, -0.1) is 0 Å². The second kappa shape index (κ2) is 6.16. The Morgan fingerprint density at radius 2 is 2.38 bits per heavy atom. The quantitative estimate of drug-likeness (QED) is 0.402. The fourth-order valence-corrected chi connectivity index (χ4v) is 2.06. The maximum Gasteiger partial charge on any atom is 0.339 e. The standard InChI is InChI=1S/C9H15N5OS/c1-6-7(13-5-12-6)4-16-3-2-8(10)14-9(11)15/h5H,2-4H2,1H3,(H,12,13)(H4,10,11,14,15). The summed E-state index contributed by atoms with van der Waals surface area (Å²) in [6, 6.07) is -0.745. The van der Waals surface area contributed by atoms with Crippen LogP contribution in [0.2, 0.25) is 0 Å². The minimum absolute atomic E-state index is 0.277. The first kappa shape index (κ1) is 12.6. The molecule has 0 atom stereocenters. The molecule has 0 aromatic carbocycles. The fourth-order valence-electron chi connectivity index (χ4n) is 1.08. The van der Waals surface area contributed by atoms with Gasteiger partial charge in [0.05, 0.1) is 12.0 Å². The van der Waals surface area contributed by atoms with Gasteiger partial charge in [-0.3, -0.25) is 0 Å². The number of aliphatic imine (C=N–C) groups is 1. The van der Waals surface area contributed by atoms with Gasteiger partial charge >= 0.3 is 6.03 Å². The van der Waals surface area contributed by atoms with Crippen LogP contribution in [-0.4, -0.2) is 27.6 Å². The van der Waals surface area contributed by atoms with E-state index in [9.17, 15) is 4.79 Å². The van der Waals surface area contributed by atoms with E-state index in [1.54, 1.807) is 18.1 Å². The van der Waals surface area contributed by atoms with E-state index in [0.29, 0.717) is 6.42 Å². The number of aromatic nitrogens is 2. The highest BCUT2D eigenvalue weighted by atomic mass is 32.2. The molecule has 1 aromatic rings. The molecule has 0 spiro atoms. The average molecular weight is 241 g/mol. The Bertz CT molecular complexity index is 387. The Balaban J connectivity index is 2.22. The largest absolute Gasteiger partial charge is 0.387 e. The topological polar surface area (TPSA) is 110 Å². The van der Waals surface area contributed by atoms with E-state index in [2.05, 4.69) is 15.0 Å². The first-order valence-corrected chi connectivity index (χ1v) is 5.94. The van der Waals surface area contributed by atoms with Gasteiger partial charge in [-0.2, -0.15) is 16.8 Å². The minimum atomic E-state index is -0.745. The highest BCUT2D eigenvalue weighted by molar-refractivity contribution is 7.98. The number of rotatable bonds is 5. The molecule has 0 aliphatic heterocycles. The van der Waals surface area contributed by atoms with Gasteiger partial charge in [-0.05, 0) is 6.92 Å². The number of primary amides is 1. The van der Waals surface area contributed by atoms with Gasteiger partial charge in [0.25, 0.3) is 0 Å². The number of amidine groups is 1. The first-order chi connectivity index (χ1) is 7.59. The van der Waals surface area contributed by atoms with E-state index in [4.69, 9.17) is 11.5 Å². The van der Waals surface area contributed by atoms with Crippen LogP contribution in [0.1, 0.15) is 17.8 Å². The van der Waals surface area contributed by atoms with E-state index in [0.717, 1.165) is 22.9 Å². The number of nitrogens with zero attached hydrogens (tertiary/aromatic N) is 2. The third-order valence-electron chi connectivity index (χ3n) is 1.93. The van der Waals surface area contributed by atoms with Crippen molar-refractivity contribution in [3.8, 4) is 0 Å². The molecular weight excluding hydrogens is 226 g/mol. The van der Waals surface area contributed by atoms with Crippen molar-refractivity contribution in [2.45, 2.75) is 19.1 Å². The highest BCUT2D eigenvalue weighted by Gasteiger charge is 2.01. The van der Waals surface area contributed by atoms with E-state index < -0.39 is 6.03 Å². The number of thioether (sulfide) groups is 1. The molecule has 6 nitrogen and oxygen atoms in total. The summed E-state index contributed by atoms with van der Waals surface area (Å²) in [6.45, 7) is 1.98. The zero-order valence-electron chi connectivity index (χ0n) is 9.06. The average Bonchev–Trinajstić information content (AvgIpc) is 2.58. The summed E-state index contributed by atoms with van der Waals surface area (Å²) in [7, 11) is 0. The Morgan fingerprint density at radius 3 is 2.94 bits per heavy atom. The summed E-state index contributed by atoms with van der Waals surface area (Å²) < 4.78 is 0. The number of H-pyrrole nitrogens is 1. The third kappa shape index (κ3) is 4.35. The van der Waals surface area contributed by atoms with Crippen LogP contribution in [0.3, 0.4) is 0 Å². The molecule has 2 amide bonds. The second-order valence-corrected chi connectivity index (χ2v) is 4.32. The van der Waals surface area contributed by atoms with Crippen molar-refractivity contribution >= 4 is 23.6 Å². The van der Waals surface area contributed by atoms with Crippen molar-refractivity contribution in [1.29, 1.82) is 0 Å². The monoisotopic (exact) mass is 241 g/mol. The molecule has 1 rings (SSSR count). The lowest BCUT2D eigenvalue weighted by Crippen LogP contribution is -2.17. The summed E-state index contributed by atoms with van der Waals surface area (Å²) >= 11 is 1.69. The number of hydrogen-bond acceptors (Lipinski definition) is 3. The maximum atomic E-state index is 10.4. The summed E-state index contributed by atoms with van der Waals surface area (Å²) in [4.78, 5) is 21.0. The number of imidazole rings is 1. The Morgan fingerprint density at radius 1 is 1.62 bits per heavy atom. The van der Waals surface area contributed by atoms with Crippen LogP contribution in [0, 0.1) is 6.92 Å². The van der Waals surface area contributed by atoms with Crippen LogP contribution in [0.4, 0.5) is 4.79 Å². The number of aryl methyl sites for hydroxylation is 1. The lowest BCUT2D eigenvalue weighted by Gasteiger charge is -2.00. The number of nitrogens with two attached hydrogens (primary N) is 2. The van der Waals surface area contributed by atoms with Crippen molar-refractivity contribution in [1.82, 2.24) is 9.97 Å². The Labute approximate surface area is 97.9 Å². The van der Waals surface area contributed by atoms with Crippen LogP contribution in [-0.2, 0) is 5.75 Å². The van der Waals surface area contributed by atoms with Gasteiger partial charge in [-0.25, -0.2) is 9.78 Å². The predicted molar refractivity (Wildman–Crippen MR) is 65.3 cm³/mol. The number of carbonyl (C=O) groups excluding carboxylic acids is 1. The summed E-state index contributed by atoms with van der Waals surface area (Å²) in [5, 5.41) is 0. The van der Waals surface area contributed by atoms with Gasteiger partial charge in [-0.1, -0.05) is 0 Å². The molecule has 0 saturated heterocycles. The highest BCUT2D eigenvalue weighted by Crippen LogP contribution is 2.13. The van der Waals surface area contributed by atoms with Crippen LogP contribution in [0.25, 0.3) is 0 Å². The van der Waals surface area contributed by atoms with Crippen molar-refractivity contribution in [2.24, 2.45) is 16.5 Å². The Hall–Kier alpha value is -1.50.